The number of aromatic nitrogens is 2. The van der Waals surface area contributed by atoms with E-state index >= 15 is 0 Å². The molecule has 6 nitrogen and oxygen atoms in total. The van der Waals surface area contributed by atoms with Crippen LogP contribution in [0.4, 0.5) is 0 Å². The SMILES string of the molecule is CCCCn1ccnc1C1CCCN(C(=O)c2c(C)oc3c2C(=O)CCC3)C1. The third kappa shape index (κ3) is 3.40. The summed E-state index contributed by atoms with van der Waals surface area (Å²) >= 11 is 0. The first-order valence-corrected chi connectivity index (χ1v) is 10.6. The molecule has 2 aromatic heterocycles. The van der Waals surface area contributed by atoms with E-state index in [-0.39, 0.29) is 17.6 Å². The Hall–Kier alpha value is -2.37. The summed E-state index contributed by atoms with van der Waals surface area (Å²) in [5, 5.41) is 0. The highest BCUT2D eigenvalue weighted by molar-refractivity contribution is 6.10. The maximum atomic E-state index is 13.4. The monoisotopic (exact) mass is 383 g/mol. The van der Waals surface area contributed by atoms with Gasteiger partial charge in [-0.2, -0.15) is 0 Å². The van der Waals surface area contributed by atoms with Crippen molar-refractivity contribution in [3.63, 3.8) is 0 Å². The van der Waals surface area contributed by atoms with Gasteiger partial charge in [-0.05, 0) is 32.6 Å². The van der Waals surface area contributed by atoms with Crippen molar-refractivity contribution >= 4 is 11.7 Å². The van der Waals surface area contributed by atoms with Gasteiger partial charge in [0.25, 0.3) is 5.91 Å². The van der Waals surface area contributed by atoms with Crippen LogP contribution in [0.25, 0.3) is 0 Å². The molecule has 3 heterocycles. The van der Waals surface area contributed by atoms with Gasteiger partial charge in [0.1, 0.15) is 17.3 Å². The molecule has 2 aliphatic rings. The second kappa shape index (κ2) is 7.94. The molecule has 1 unspecified atom stereocenters. The predicted molar refractivity (Wildman–Crippen MR) is 106 cm³/mol. The molecule has 150 valence electrons. The van der Waals surface area contributed by atoms with E-state index in [9.17, 15) is 9.59 Å². The zero-order valence-corrected chi connectivity index (χ0v) is 16.9. The molecule has 0 radical (unpaired) electrons. The third-order valence-corrected chi connectivity index (χ3v) is 6.03. The number of carbonyl (C=O) groups is 2. The Balaban J connectivity index is 1.56. The van der Waals surface area contributed by atoms with E-state index in [4.69, 9.17) is 4.42 Å². The zero-order valence-electron chi connectivity index (χ0n) is 16.9. The number of furan rings is 1. The number of carbonyl (C=O) groups excluding carboxylic acids is 2. The molecule has 28 heavy (non-hydrogen) atoms. The number of unbranched alkanes of at least 4 members (excludes halogenated alkanes) is 1. The molecular weight excluding hydrogens is 354 g/mol. The van der Waals surface area contributed by atoms with Gasteiger partial charge in [0.05, 0.1) is 11.1 Å². The molecule has 0 spiro atoms. The third-order valence-electron chi connectivity index (χ3n) is 6.03. The van der Waals surface area contributed by atoms with Gasteiger partial charge in [-0.1, -0.05) is 13.3 Å². The summed E-state index contributed by atoms with van der Waals surface area (Å²) in [6.45, 7) is 6.33. The molecule has 0 saturated carbocycles. The van der Waals surface area contributed by atoms with E-state index < -0.39 is 0 Å². The minimum Gasteiger partial charge on any atom is -0.465 e. The van der Waals surface area contributed by atoms with Gasteiger partial charge in [0.15, 0.2) is 5.78 Å². The smallest absolute Gasteiger partial charge is 0.258 e. The van der Waals surface area contributed by atoms with Crippen molar-refractivity contribution in [2.75, 3.05) is 13.1 Å². The molecule has 1 fully saturated rings. The number of imidazole rings is 1. The predicted octanol–water partition coefficient (Wildman–Crippen LogP) is 4.12. The van der Waals surface area contributed by atoms with Gasteiger partial charge in [0, 0.05) is 50.8 Å². The summed E-state index contributed by atoms with van der Waals surface area (Å²) in [7, 11) is 0. The first kappa shape index (κ1) is 19.0. The van der Waals surface area contributed by atoms with Crippen LogP contribution in [0.2, 0.25) is 0 Å². The number of aryl methyl sites for hydroxylation is 3. The maximum Gasteiger partial charge on any atom is 0.258 e. The number of nitrogens with zero attached hydrogens (tertiary/aromatic N) is 3. The molecule has 1 aliphatic heterocycles. The number of Topliss-reactive ketones (excluding diaryl/α,β-unsaturated/α-hetero) is 1. The first-order chi connectivity index (χ1) is 13.6. The van der Waals surface area contributed by atoms with Crippen LogP contribution in [0.3, 0.4) is 0 Å². The van der Waals surface area contributed by atoms with Gasteiger partial charge >= 0.3 is 0 Å². The second-order valence-electron chi connectivity index (χ2n) is 8.03. The minimum atomic E-state index is -0.0610. The van der Waals surface area contributed by atoms with Crippen molar-refractivity contribution in [2.45, 2.75) is 71.3 Å². The van der Waals surface area contributed by atoms with Crippen molar-refractivity contribution < 1.29 is 14.0 Å². The van der Waals surface area contributed by atoms with Gasteiger partial charge in [0.2, 0.25) is 0 Å². The molecule has 0 bridgehead atoms. The highest BCUT2D eigenvalue weighted by Crippen LogP contribution is 2.33. The molecule has 1 aliphatic carbocycles. The lowest BCUT2D eigenvalue weighted by molar-refractivity contribution is 0.0697. The lowest BCUT2D eigenvalue weighted by Gasteiger charge is -2.33. The van der Waals surface area contributed by atoms with E-state index in [1.54, 1.807) is 6.92 Å². The average Bonchev–Trinajstić information content (AvgIpc) is 3.30. The molecule has 0 aromatic carbocycles. The Bertz CT molecular complexity index is 880. The first-order valence-electron chi connectivity index (χ1n) is 10.6. The number of hydrogen-bond acceptors (Lipinski definition) is 4. The summed E-state index contributed by atoms with van der Waals surface area (Å²) in [4.78, 5) is 32.3. The molecule has 1 saturated heterocycles. The van der Waals surface area contributed by atoms with Crippen LogP contribution < -0.4 is 0 Å². The lowest BCUT2D eigenvalue weighted by atomic mass is 9.91. The summed E-state index contributed by atoms with van der Waals surface area (Å²) in [5.74, 6) is 2.58. The highest BCUT2D eigenvalue weighted by atomic mass is 16.3. The number of piperidine rings is 1. The van der Waals surface area contributed by atoms with Gasteiger partial charge in [-0.3, -0.25) is 9.59 Å². The minimum absolute atomic E-state index is 0.0464. The Kier molecular flexibility index (Phi) is 5.38. The molecule has 1 amide bonds. The zero-order chi connectivity index (χ0) is 19.7. The van der Waals surface area contributed by atoms with Crippen LogP contribution in [-0.4, -0.2) is 39.2 Å². The standard InChI is InChI=1S/C22H29N3O3/c1-3-4-11-24-13-10-23-21(24)16-7-6-12-25(14-16)22(27)19-15(2)28-18-9-5-8-17(26)20(18)19/h10,13,16H,3-9,11-12,14H2,1-2H3. The van der Waals surface area contributed by atoms with Gasteiger partial charge in [-0.15, -0.1) is 0 Å². The molecule has 4 rings (SSSR count). The van der Waals surface area contributed by atoms with Crippen LogP contribution >= 0.6 is 0 Å². The highest BCUT2D eigenvalue weighted by Gasteiger charge is 2.35. The Morgan fingerprint density at radius 3 is 3.00 bits per heavy atom. The number of fused-ring (bicyclic) bond motifs is 1. The fourth-order valence-electron chi connectivity index (χ4n) is 4.59. The van der Waals surface area contributed by atoms with E-state index in [0.29, 0.717) is 35.6 Å². The molecule has 6 heteroatoms. The Labute approximate surface area is 165 Å². The normalized spacial score (nSPS) is 19.7. The average molecular weight is 383 g/mol. The number of ketones is 1. The van der Waals surface area contributed by atoms with Crippen LogP contribution in [0.15, 0.2) is 16.8 Å². The van der Waals surface area contributed by atoms with Crippen molar-refractivity contribution in [2.24, 2.45) is 0 Å². The van der Waals surface area contributed by atoms with Crippen molar-refractivity contribution in [1.82, 2.24) is 14.5 Å². The second-order valence-corrected chi connectivity index (χ2v) is 8.03. The summed E-state index contributed by atoms with van der Waals surface area (Å²) in [5.41, 5.74) is 1.04. The lowest BCUT2D eigenvalue weighted by Crippen LogP contribution is -2.40. The quantitative estimate of drug-likeness (QED) is 0.779. The van der Waals surface area contributed by atoms with Crippen molar-refractivity contribution in [3.8, 4) is 0 Å². The van der Waals surface area contributed by atoms with Gasteiger partial charge in [-0.25, -0.2) is 4.98 Å². The van der Waals surface area contributed by atoms with Crippen molar-refractivity contribution in [3.05, 3.63) is 40.9 Å². The Morgan fingerprint density at radius 2 is 2.18 bits per heavy atom. The van der Waals surface area contributed by atoms with Crippen LogP contribution in [0, 0.1) is 6.92 Å². The number of hydrogen-bond donors (Lipinski definition) is 0. The van der Waals surface area contributed by atoms with Crippen LogP contribution in [0.5, 0.6) is 0 Å². The fraction of sp³-hybridized carbons (Fsp3) is 0.591. The number of rotatable bonds is 5. The van der Waals surface area contributed by atoms with E-state index in [0.717, 1.165) is 57.4 Å². The summed E-state index contributed by atoms with van der Waals surface area (Å²) in [6.07, 6.45) is 10.2. The summed E-state index contributed by atoms with van der Waals surface area (Å²) in [6, 6.07) is 0. The van der Waals surface area contributed by atoms with E-state index in [1.165, 1.54) is 0 Å². The van der Waals surface area contributed by atoms with Crippen LogP contribution in [0.1, 0.15) is 89.4 Å². The number of likely N-dealkylation sites (tertiary alicyclic amines) is 1. The van der Waals surface area contributed by atoms with Crippen LogP contribution in [-0.2, 0) is 13.0 Å². The molecule has 2 aromatic rings. The summed E-state index contributed by atoms with van der Waals surface area (Å²) < 4.78 is 8.03. The molecule has 1 atom stereocenters. The Morgan fingerprint density at radius 1 is 1.32 bits per heavy atom. The fourth-order valence-corrected chi connectivity index (χ4v) is 4.59. The molecular formula is C22H29N3O3. The van der Waals surface area contributed by atoms with Gasteiger partial charge < -0.3 is 13.9 Å². The largest absolute Gasteiger partial charge is 0.465 e. The topological polar surface area (TPSA) is 68.3 Å². The van der Waals surface area contributed by atoms with Crippen molar-refractivity contribution in [1.29, 1.82) is 0 Å². The van der Waals surface area contributed by atoms with E-state index in [1.807, 2.05) is 17.3 Å². The maximum absolute atomic E-state index is 13.4. The van der Waals surface area contributed by atoms with E-state index in [2.05, 4.69) is 16.5 Å². The molecule has 0 N–H and O–H groups in total. The number of amides is 1.